The first-order valence-electron chi connectivity index (χ1n) is 8.85. The van der Waals surface area contributed by atoms with Gasteiger partial charge in [-0.2, -0.15) is 0 Å². The third-order valence-electron chi connectivity index (χ3n) is 4.59. The van der Waals surface area contributed by atoms with Gasteiger partial charge in [0.1, 0.15) is 0 Å². The van der Waals surface area contributed by atoms with E-state index in [2.05, 4.69) is 28.6 Å². The summed E-state index contributed by atoms with van der Waals surface area (Å²) >= 11 is 0. The minimum absolute atomic E-state index is 0. The number of halogens is 1. The van der Waals surface area contributed by atoms with Crippen molar-refractivity contribution >= 4 is 29.9 Å². The summed E-state index contributed by atoms with van der Waals surface area (Å²) in [7, 11) is 0. The van der Waals surface area contributed by atoms with E-state index in [-0.39, 0.29) is 30.1 Å². The van der Waals surface area contributed by atoms with Gasteiger partial charge >= 0.3 is 0 Å². The highest BCUT2D eigenvalue weighted by atomic mass is 127. The summed E-state index contributed by atoms with van der Waals surface area (Å²) in [6.45, 7) is 4.66. The number of hydrogen-bond acceptors (Lipinski definition) is 4. The van der Waals surface area contributed by atoms with Crippen molar-refractivity contribution in [1.29, 1.82) is 0 Å². The highest BCUT2D eigenvalue weighted by molar-refractivity contribution is 14.0. The van der Waals surface area contributed by atoms with Crippen molar-refractivity contribution in [2.24, 2.45) is 10.9 Å². The lowest BCUT2D eigenvalue weighted by Gasteiger charge is -2.15. The minimum Gasteiger partial charge on any atom is -0.454 e. The number of nitrogens with zero attached hydrogens (tertiary/aromatic N) is 1. The van der Waals surface area contributed by atoms with E-state index in [1.54, 1.807) is 0 Å². The first-order valence-corrected chi connectivity index (χ1v) is 8.85. The van der Waals surface area contributed by atoms with Crippen LogP contribution in [0.4, 0.5) is 0 Å². The summed E-state index contributed by atoms with van der Waals surface area (Å²) < 4.78 is 10.7. The van der Waals surface area contributed by atoms with Crippen molar-refractivity contribution in [3.8, 4) is 11.5 Å². The molecule has 1 fully saturated rings. The van der Waals surface area contributed by atoms with Crippen LogP contribution in [-0.2, 0) is 6.42 Å². The van der Waals surface area contributed by atoms with Gasteiger partial charge in [-0.3, -0.25) is 4.99 Å². The van der Waals surface area contributed by atoms with Crippen LogP contribution in [0.5, 0.6) is 11.5 Å². The SMILES string of the molecule is CCNC(=NCC1CCCC1O)NCCc1ccc2c(c1)OCO2.I. The molecular weight excluding hydrogens is 433 g/mol. The molecule has 3 N–H and O–H groups in total. The van der Waals surface area contributed by atoms with Crippen molar-refractivity contribution in [2.45, 2.75) is 38.7 Å². The van der Waals surface area contributed by atoms with Crippen molar-refractivity contribution in [1.82, 2.24) is 10.6 Å². The van der Waals surface area contributed by atoms with Gasteiger partial charge in [-0.1, -0.05) is 12.5 Å². The van der Waals surface area contributed by atoms with E-state index in [4.69, 9.17) is 9.47 Å². The zero-order valence-electron chi connectivity index (χ0n) is 14.7. The molecule has 7 heteroatoms. The highest BCUT2D eigenvalue weighted by Gasteiger charge is 2.24. The zero-order chi connectivity index (χ0) is 16.8. The lowest BCUT2D eigenvalue weighted by Crippen LogP contribution is -2.39. The Kier molecular flexibility index (Phi) is 8.08. The van der Waals surface area contributed by atoms with Crippen LogP contribution in [0.2, 0.25) is 0 Å². The maximum absolute atomic E-state index is 9.90. The Morgan fingerprint density at radius 3 is 2.84 bits per heavy atom. The molecule has 2 atom stereocenters. The van der Waals surface area contributed by atoms with E-state index in [1.165, 1.54) is 5.56 Å². The molecule has 25 heavy (non-hydrogen) atoms. The summed E-state index contributed by atoms with van der Waals surface area (Å²) in [5.74, 6) is 2.76. The Bertz CT molecular complexity index is 583. The molecular formula is C18H28IN3O3. The fourth-order valence-electron chi connectivity index (χ4n) is 3.20. The molecule has 0 spiro atoms. The van der Waals surface area contributed by atoms with Gasteiger partial charge in [-0.25, -0.2) is 0 Å². The molecule has 1 aliphatic carbocycles. The van der Waals surface area contributed by atoms with Crippen LogP contribution >= 0.6 is 24.0 Å². The van der Waals surface area contributed by atoms with Crippen LogP contribution in [0.3, 0.4) is 0 Å². The average molecular weight is 461 g/mol. The summed E-state index contributed by atoms with van der Waals surface area (Å²) in [4.78, 5) is 4.62. The van der Waals surface area contributed by atoms with Gasteiger partial charge < -0.3 is 25.2 Å². The maximum Gasteiger partial charge on any atom is 0.231 e. The number of nitrogens with one attached hydrogen (secondary N) is 2. The number of aliphatic imine (C=N–C) groups is 1. The van der Waals surface area contributed by atoms with Crippen molar-refractivity contribution in [3.63, 3.8) is 0 Å². The van der Waals surface area contributed by atoms with Crippen molar-refractivity contribution in [3.05, 3.63) is 23.8 Å². The second-order valence-corrected chi connectivity index (χ2v) is 6.34. The molecule has 6 nitrogen and oxygen atoms in total. The molecule has 1 aromatic rings. The third kappa shape index (κ3) is 5.64. The van der Waals surface area contributed by atoms with Crippen LogP contribution in [-0.4, -0.2) is 43.6 Å². The molecule has 2 aliphatic rings. The Balaban J connectivity index is 0.00000225. The van der Waals surface area contributed by atoms with Crippen LogP contribution in [0.15, 0.2) is 23.2 Å². The smallest absolute Gasteiger partial charge is 0.231 e. The summed E-state index contributed by atoms with van der Waals surface area (Å²) in [5, 5.41) is 16.5. The van der Waals surface area contributed by atoms with Crippen molar-refractivity contribution in [2.75, 3.05) is 26.4 Å². The summed E-state index contributed by atoms with van der Waals surface area (Å²) in [6.07, 6.45) is 3.78. The number of ether oxygens (including phenoxy) is 2. The van der Waals surface area contributed by atoms with Gasteiger partial charge in [-0.05, 0) is 43.9 Å². The monoisotopic (exact) mass is 461 g/mol. The molecule has 1 saturated carbocycles. The average Bonchev–Trinajstić information content (AvgIpc) is 3.21. The molecule has 140 valence electrons. The first-order chi connectivity index (χ1) is 11.8. The van der Waals surface area contributed by atoms with E-state index < -0.39 is 0 Å². The first kappa shape index (κ1) is 20.1. The number of benzene rings is 1. The summed E-state index contributed by atoms with van der Waals surface area (Å²) in [5.41, 5.74) is 1.20. The number of rotatable bonds is 6. The Morgan fingerprint density at radius 1 is 1.24 bits per heavy atom. The topological polar surface area (TPSA) is 75.1 Å². The number of guanidine groups is 1. The number of aliphatic hydroxyl groups excluding tert-OH is 1. The van der Waals surface area contributed by atoms with Crippen molar-refractivity contribution < 1.29 is 14.6 Å². The predicted molar refractivity (Wildman–Crippen MR) is 109 cm³/mol. The van der Waals surface area contributed by atoms with E-state index in [1.807, 2.05) is 12.1 Å². The fraction of sp³-hybridized carbons (Fsp3) is 0.611. The molecule has 0 aromatic heterocycles. The molecule has 0 amide bonds. The fourth-order valence-corrected chi connectivity index (χ4v) is 3.20. The number of fused-ring (bicyclic) bond motifs is 1. The second kappa shape index (κ2) is 10.1. The number of hydrogen-bond donors (Lipinski definition) is 3. The highest BCUT2D eigenvalue weighted by Crippen LogP contribution is 2.32. The van der Waals surface area contributed by atoms with Crippen LogP contribution < -0.4 is 20.1 Å². The van der Waals surface area contributed by atoms with E-state index in [0.29, 0.717) is 19.3 Å². The normalized spacial score (nSPS) is 21.8. The molecule has 1 aliphatic heterocycles. The predicted octanol–water partition coefficient (Wildman–Crippen LogP) is 2.29. The van der Waals surface area contributed by atoms with Gasteiger partial charge in [0.05, 0.1) is 6.10 Å². The standard InChI is InChI=1S/C18H27N3O3.HI/c1-2-19-18(21-11-14-4-3-5-15(14)22)20-9-8-13-6-7-16-17(10-13)24-12-23-16;/h6-7,10,14-15,22H,2-5,8-9,11-12H2,1H3,(H2,19,20,21);1H. The lowest BCUT2D eigenvalue weighted by atomic mass is 10.1. The molecule has 0 saturated heterocycles. The molecule has 0 radical (unpaired) electrons. The van der Waals surface area contributed by atoms with Crippen LogP contribution in [0.1, 0.15) is 31.7 Å². The lowest BCUT2D eigenvalue weighted by molar-refractivity contribution is 0.136. The van der Waals surface area contributed by atoms with E-state index in [0.717, 1.165) is 56.2 Å². The largest absolute Gasteiger partial charge is 0.454 e. The zero-order valence-corrected chi connectivity index (χ0v) is 17.0. The Morgan fingerprint density at radius 2 is 2.08 bits per heavy atom. The maximum atomic E-state index is 9.90. The number of aliphatic hydroxyl groups is 1. The molecule has 0 bridgehead atoms. The molecule has 3 rings (SSSR count). The second-order valence-electron chi connectivity index (χ2n) is 6.34. The third-order valence-corrected chi connectivity index (χ3v) is 4.59. The van der Waals surface area contributed by atoms with Crippen LogP contribution in [0.25, 0.3) is 0 Å². The molecule has 1 aromatic carbocycles. The molecule has 2 unspecified atom stereocenters. The Labute approximate surface area is 166 Å². The summed E-state index contributed by atoms with van der Waals surface area (Å²) in [6, 6.07) is 6.05. The van der Waals surface area contributed by atoms with Gasteiger partial charge in [0.2, 0.25) is 6.79 Å². The Hall–Kier alpha value is -1.22. The van der Waals surface area contributed by atoms with Gasteiger partial charge in [-0.15, -0.1) is 24.0 Å². The van der Waals surface area contributed by atoms with Gasteiger partial charge in [0, 0.05) is 25.6 Å². The van der Waals surface area contributed by atoms with E-state index in [9.17, 15) is 5.11 Å². The minimum atomic E-state index is -0.190. The van der Waals surface area contributed by atoms with E-state index >= 15 is 0 Å². The van der Waals surface area contributed by atoms with Gasteiger partial charge in [0.25, 0.3) is 0 Å². The molecule has 1 heterocycles. The van der Waals surface area contributed by atoms with Gasteiger partial charge in [0.15, 0.2) is 17.5 Å². The van der Waals surface area contributed by atoms with Crippen LogP contribution in [0, 0.1) is 5.92 Å². The quantitative estimate of drug-likeness (QED) is 0.345.